The minimum Gasteiger partial charge on any atom is -0.444 e. The summed E-state index contributed by atoms with van der Waals surface area (Å²) in [6, 6.07) is 15.1. The summed E-state index contributed by atoms with van der Waals surface area (Å²) in [5.41, 5.74) is 2.61. The van der Waals surface area contributed by atoms with Crippen molar-refractivity contribution < 1.29 is 19.1 Å². The van der Waals surface area contributed by atoms with Gasteiger partial charge in [0.1, 0.15) is 24.2 Å². The molecule has 0 saturated carbocycles. The normalized spacial score (nSPS) is 12.6. The number of nitrogens with one attached hydrogen (secondary N) is 2. The second kappa shape index (κ2) is 14.4. The number of alkyl carbamates (subject to hydrolysis) is 1. The molecule has 0 saturated heterocycles. The fourth-order valence-electron chi connectivity index (χ4n) is 4.04. The number of hydrogen-bond donors (Lipinski definition) is 2. The Morgan fingerprint density at radius 2 is 1.71 bits per heavy atom. The number of carbonyl (C=O) groups is 3. The molecule has 204 valence electrons. The first-order valence-electron chi connectivity index (χ1n) is 12.5. The average Bonchev–Trinajstić information content (AvgIpc) is 2.83. The van der Waals surface area contributed by atoms with Crippen molar-refractivity contribution in [2.75, 3.05) is 18.6 Å². The minimum absolute atomic E-state index is 0.265. The van der Waals surface area contributed by atoms with Crippen molar-refractivity contribution in [1.29, 1.82) is 5.26 Å². The van der Waals surface area contributed by atoms with Gasteiger partial charge in [-0.2, -0.15) is 17.0 Å². The first kappa shape index (κ1) is 30.7. The van der Waals surface area contributed by atoms with Crippen molar-refractivity contribution in [1.82, 2.24) is 15.5 Å². The van der Waals surface area contributed by atoms with Crippen LogP contribution in [0.25, 0.3) is 0 Å². The maximum absolute atomic E-state index is 13.9. The molecule has 0 aliphatic carbocycles. The van der Waals surface area contributed by atoms with Gasteiger partial charge in [0.05, 0.1) is 6.07 Å². The van der Waals surface area contributed by atoms with E-state index in [1.807, 2.05) is 74.7 Å². The molecule has 0 radical (unpaired) electrons. The van der Waals surface area contributed by atoms with Crippen LogP contribution in [0.15, 0.2) is 48.5 Å². The SMILES string of the molecule is CSCCC(NC(=O)OC(C)(C)C)C(=O)N(CC#N)C(C(=O)NCc1ccccc1)c1cc(C)cc(C)c1. The first-order valence-corrected chi connectivity index (χ1v) is 13.9. The third-order valence-corrected chi connectivity index (χ3v) is 6.20. The minimum atomic E-state index is -1.07. The number of thioether (sulfide) groups is 1. The number of rotatable bonds is 11. The number of ether oxygens (including phenoxy) is 1. The highest BCUT2D eigenvalue weighted by atomic mass is 32.2. The predicted octanol–water partition coefficient (Wildman–Crippen LogP) is 4.66. The van der Waals surface area contributed by atoms with Gasteiger partial charge < -0.3 is 20.3 Å². The van der Waals surface area contributed by atoms with Crippen LogP contribution in [0.4, 0.5) is 4.79 Å². The number of hydrogen-bond acceptors (Lipinski definition) is 6. The van der Waals surface area contributed by atoms with E-state index in [9.17, 15) is 19.6 Å². The van der Waals surface area contributed by atoms with Crippen molar-refractivity contribution >= 4 is 29.7 Å². The summed E-state index contributed by atoms with van der Waals surface area (Å²) in [6.45, 7) is 8.97. The largest absolute Gasteiger partial charge is 0.444 e. The molecule has 0 spiro atoms. The van der Waals surface area contributed by atoms with Gasteiger partial charge in [0, 0.05) is 6.54 Å². The standard InChI is InChI=1S/C29H38N4O4S/c1-20-16-21(2)18-23(17-20)25(26(34)31-19-22-10-8-7-9-11-22)33(14-13-30)27(35)24(12-15-38-6)32-28(36)37-29(3,4)5/h7-11,16-18,24-25H,12,14-15,19H2,1-6H3,(H,31,34)(H,32,36). The van der Waals surface area contributed by atoms with Crippen molar-refractivity contribution in [2.45, 2.75) is 65.3 Å². The molecule has 2 aromatic carbocycles. The smallest absolute Gasteiger partial charge is 0.408 e. The Balaban J connectivity index is 2.46. The van der Waals surface area contributed by atoms with Gasteiger partial charge in [0.25, 0.3) is 0 Å². The fraction of sp³-hybridized carbons (Fsp3) is 0.448. The highest BCUT2D eigenvalue weighted by molar-refractivity contribution is 7.98. The van der Waals surface area contributed by atoms with Crippen LogP contribution >= 0.6 is 11.8 Å². The average molecular weight is 539 g/mol. The summed E-state index contributed by atoms with van der Waals surface area (Å²) in [4.78, 5) is 41.4. The van der Waals surface area contributed by atoms with Gasteiger partial charge in [0.2, 0.25) is 11.8 Å². The number of aryl methyl sites for hydroxylation is 2. The Morgan fingerprint density at radius 1 is 1.08 bits per heavy atom. The molecule has 0 fully saturated rings. The fourth-order valence-corrected chi connectivity index (χ4v) is 4.51. The molecule has 3 amide bonds. The summed E-state index contributed by atoms with van der Waals surface area (Å²) in [6.07, 6.45) is 1.48. The highest BCUT2D eigenvalue weighted by Crippen LogP contribution is 2.25. The van der Waals surface area contributed by atoms with E-state index in [1.54, 1.807) is 20.8 Å². The van der Waals surface area contributed by atoms with Gasteiger partial charge in [-0.15, -0.1) is 0 Å². The van der Waals surface area contributed by atoms with E-state index < -0.39 is 35.6 Å². The molecule has 9 heteroatoms. The van der Waals surface area contributed by atoms with Gasteiger partial charge in [-0.1, -0.05) is 59.7 Å². The molecule has 0 bridgehead atoms. The zero-order chi connectivity index (χ0) is 28.3. The van der Waals surface area contributed by atoms with Gasteiger partial charge >= 0.3 is 6.09 Å². The van der Waals surface area contributed by atoms with Crippen molar-refractivity contribution in [2.24, 2.45) is 0 Å². The van der Waals surface area contributed by atoms with Crippen LogP contribution < -0.4 is 10.6 Å². The van der Waals surface area contributed by atoms with E-state index in [-0.39, 0.29) is 13.1 Å². The third kappa shape index (κ3) is 9.75. The lowest BCUT2D eigenvalue weighted by Crippen LogP contribution is -2.53. The number of nitrogens with zero attached hydrogens (tertiary/aromatic N) is 2. The van der Waals surface area contributed by atoms with Gasteiger partial charge in [0.15, 0.2) is 0 Å². The molecule has 38 heavy (non-hydrogen) atoms. The second-order valence-corrected chi connectivity index (χ2v) is 11.1. The number of nitriles is 1. The van der Waals surface area contributed by atoms with Crippen LogP contribution in [-0.2, 0) is 20.9 Å². The summed E-state index contributed by atoms with van der Waals surface area (Å²) in [7, 11) is 0. The monoisotopic (exact) mass is 538 g/mol. The molecule has 0 aliphatic heterocycles. The topological polar surface area (TPSA) is 112 Å². The number of amides is 3. The molecular formula is C29H38N4O4S. The highest BCUT2D eigenvalue weighted by Gasteiger charge is 2.36. The molecular weight excluding hydrogens is 500 g/mol. The Morgan fingerprint density at radius 3 is 2.26 bits per heavy atom. The molecule has 0 heterocycles. The molecule has 2 atom stereocenters. The Bertz CT molecular complexity index is 1120. The molecule has 2 rings (SSSR count). The van der Waals surface area contributed by atoms with Crippen molar-refractivity contribution in [3.63, 3.8) is 0 Å². The van der Waals surface area contributed by atoms with E-state index in [2.05, 4.69) is 10.6 Å². The summed E-state index contributed by atoms with van der Waals surface area (Å²) in [5.74, 6) is -0.352. The van der Waals surface area contributed by atoms with Crippen LogP contribution in [0.2, 0.25) is 0 Å². The summed E-state index contributed by atoms with van der Waals surface area (Å²) >= 11 is 1.53. The van der Waals surface area contributed by atoms with E-state index in [0.717, 1.165) is 16.7 Å². The number of carbonyl (C=O) groups excluding carboxylic acids is 3. The van der Waals surface area contributed by atoms with Crippen molar-refractivity contribution in [3.8, 4) is 6.07 Å². The third-order valence-electron chi connectivity index (χ3n) is 5.55. The molecule has 0 aromatic heterocycles. The lowest BCUT2D eigenvalue weighted by atomic mass is 9.98. The Hall–Kier alpha value is -3.51. The number of benzene rings is 2. The van der Waals surface area contributed by atoms with Crippen LogP contribution in [0.1, 0.15) is 55.5 Å². The molecule has 2 aromatic rings. The van der Waals surface area contributed by atoms with E-state index >= 15 is 0 Å². The second-order valence-electron chi connectivity index (χ2n) is 10.1. The van der Waals surface area contributed by atoms with Crippen molar-refractivity contribution in [3.05, 3.63) is 70.8 Å². The van der Waals surface area contributed by atoms with Crippen LogP contribution in [0.3, 0.4) is 0 Å². The molecule has 2 N–H and O–H groups in total. The zero-order valence-electron chi connectivity index (χ0n) is 23.0. The van der Waals surface area contributed by atoms with E-state index in [4.69, 9.17) is 4.74 Å². The quantitative estimate of drug-likeness (QED) is 0.403. The zero-order valence-corrected chi connectivity index (χ0v) is 23.9. The van der Waals surface area contributed by atoms with Gasteiger partial charge in [-0.3, -0.25) is 9.59 Å². The van der Waals surface area contributed by atoms with Gasteiger partial charge in [-0.25, -0.2) is 4.79 Å². The summed E-state index contributed by atoms with van der Waals surface area (Å²) < 4.78 is 5.38. The summed E-state index contributed by atoms with van der Waals surface area (Å²) in [5, 5.41) is 15.3. The molecule has 0 aliphatic rings. The lowest BCUT2D eigenvalue weighted by molar-refractivity contribution is -0.141. The molecule has 2 unspecified atom stereocenters. The molecule has 8 nitrogen and oxygen atoms in total. The first-order chi connectivity index (χ1) is 17.9. The van der Waals surface area contributed by atoms with Gasteiger partial charge in [-0.05, 0) is 64.2 Å². The maximum Gasteiger partial charge on any atom is 0.408 e. The Labute approximate surface area is 230 Å². The van der Waals surface area contributed by atoms with E-state index in [0.29, 0.717) is 17.7 Å². The maximum atomic E-state index is 13.9. The van der Waals surface area contributed by atoms with Crippen LogP contribution in [0, 0.1) is 25.2 Å². The Kier molecular flexibility index (Phi) is 11.7. The van der Waals surface area contributed by atoms with Crippen LogP contribution in [0.5, 0.6) is 0 Å². The van der Waals surface area contributed by atoms with E-state index in [1.165, 1.54) is 16.7 Å². The lowest BCUT2D eigenvalue weighted by Gasteiger charge is -2.33. The predicted molar refractivity (Wildman–Crippen MR) is 150 cm³/mol. The van der Waals surface area contributed by atoms with Crippen LogP contribution in [-0.4, -0.2) is 53.0 Å².